The summed E-state index contributed by atoms with van der Waals surface area (Å²) in [5.41, 5.74) is 2.89. The molecule has 3 N–H and O–H groups in total. The molecule has 1 amide bonds. The number of benzene rings is 1. The van der Waals surface area contributed by atoms with Gasteiger partial charge in [-0.05, 0) is 31.2 Å². The fourth-order valence-corrected chi connectivity index (χ4v) is 3.43. The first kappa shape index (κ1) is 16.8. The Hall–Kier alpha value is -3.62. The largest absolute Gasteiger partial charge is 0.497 e. The molecule has 3 aromatic rings. The van der Waals surface area contributed by atoms with Crippen molar-refractivity contribution < 1.29 is 19.4 Å². The average Bonchev–Trinajstić information content (AvgIpc) is 3.25. The highest BCUT2D eigenvalue weighted by molar-refractivity contribution is 5.98. The van der Waals surface area contributed by atoms with Crippen LogP contribution in [-0.4, -0.2) is 44.1 Å². The predicted octanol–water partition coefficient (Wildman–Crippen LogP) is 2.08. The van der Waals surface area contributed by atoms with E-state index in [1.807, 2.05) is 31.2 Å². The highest BCUT2D eigenvalue weighted by Gasteiger charge is 2.35. The molecule has 9 heteroatoms. The van der Waals surface area contributed by atoms with Gasteiger partial charge in [0.1, 0.15) is 11.4 Å². The molecule has 1 unspecified atom stereocenters. The maximum Gasteiger partial charge on any atom is 0.354 e. The molecule has 0 saturated carbocycles. The molecule has 9 nitrogen and oxygen atoms in total. The molecular formula is C18H17N5O4. The van der Waals surface area contributed by atoms with E-state index in [0.29, 0.717) is 5.56 Å². The molecule has 1 atom stereocenters. The van der Waals surface area contributed by atoms with Crippen LogP contribution in [0.15, 0.2) is 30.5 Å². The summed E-state index contributed by atoms with van der Waals surface area (Å²) < 4.78 is 6.92. The second-order valence-electron chi connectivity index (χ2n) is 6.27. The summed E-state index contributed by atoms with van der Waals surface area (Å²) in [4.78, 5) is 23.6. The zero-order valence-electron chi connectivity index (χ0n) is 14.7. The number of carboxylic acid groups (broad SMARTS) is 1. The maximum absolute atomic E-state index is 12.1. The first-order chi connectivity index (χ1) is 13.0. The van der Waals surface area contributed by atoms with Gasteiger partial charge in [-0.1, -0.05) is 0 Å². The van der Waals surface area contributed by atoms with Crippen LogP contribution in [0, 0.1) is 6.92 Å². The van der Waals surface area contributed by atoms with Gasteiger partial charge in [-0.2, -0.15) is 10.2 Å². The van der Waals surface area contributed by atoms with E-state index in [9.17, 15) is 14.7 Å². The summed E-state index contributed by atoms with van der Waals surface area (Å²) in [6.45, 7) is 1.89. The lowest BCUT2D eigenvalue weighted by Crippen LogP contribution is -2.24. The Kier molecular flexibility index (Phi) is 3.91. The van der Waals surface area contributed by atoms with Crippen LogP contribution in [0.2, 0.25) is 0 Å². The lowest BCUT2D eigenvalue weighted by atomic mass is 9.86. The Bertz CT molecular complexity index is 1030. The van der Waals surface area contributed by atoms with Gasteiger partial charge in [0.2, 0.25) is 5.91 Å². The molecule has 1 aromatic carbocycles. The third-order valence-corrected chi connectivity index (χ3v) is 4.75. The number of nitrogens with one attached hydrogen (secondary N) is 2. The number of carbonyl (C=O) groups is 2. The van der Waals surface area contributed by atoms with E-state index in [0.717, 1.165) is 22.7 Å². The van der Waals surface area contributed by atoms with Crippen LogP contribution in [0.3, 0.4) is 0 Å². The van der Waals surface area contributed by atoms with Gasteiger partial charge in [0.25, 0.3) is 0 Å². The second kappa shape index (κ2) is 6.27. The Morgan fingerprint density at radius 1 is 1.33 bits per heavy atom. The number of amides is 1. The van der Waals surface area contributed by atoms with E-state index in [1.165, 1.54) is 0 Å². The fraction of sp³-hybridized carbons (Fsp3) is 0.222. The number of nitrogens with zero attached hydrogens (tertiary/aromatic N) is 3. The second-order valence-corrected chi connectivity index (χ2v) is 6.27. The van der Waals surface area contributed by atoms with E-state index in [2.05, 4.69) is 20.6 Å². The Morgan fingerprint density at radius 3 is 2.74 bits per heavy atom. The van der Waals surface area contributed by atoms with Crippen LogP contribution in [0.5, 0.6) is 5.75 Å². The number of H-pyrrole nitrogens is 1. The number of methoxy groups -OCH3 is 1. The minimum absolute atomic E-state index is 0.0217. The van der Waals surface area contributed by atoms with Gasteiger partial charge in [-0.3, -0.25) is 9.89 Å². The number of rotatable bonds is 4. The zero-order chi connectivity index (χ0) is 19.1. The average molecular weight is 367 g/mol. The number of hydrogen-bond acceptors (Lipinski definition) is 5. The highest BCUT2D eigenvalue weighted by Crippen LogP contribution is 2.39. The van der Waals surface area contributed by atoms with Gasteiger partial charge < -0.3 is 15.2 Å². The molecule has 4 rings (SSSR count). The number of aromatic amines is 1. The quantitative estimate of drug-likeness (QED) is 0.649. The van der Waals surface area contributed by atoms with E-state index in [4.69, 9.17) is 4.74 Å². The lowest BCUT2D eigenvalue weighted by Gasteiger charge is -2.22. The van der Waals surface area contributed by atoms with E-state index in [-0.39, 0.29) is 23.8 Å². The van der Waals surface area contributed by atoms with Crippen molar-refractivity contribution in [3.8, 4) is 11.4 Å². The third kappa shape index (κ3) is 2.73. The van der Waals surface area contributed by atoms with Gasteiger partial charge in [0.05, 0.1) is 19.0 Å². The van der Waals surface area contributed by atoms with Crippen molar-refractivity contribution in [2.24, 2.45) is 0 Å². The van der Waals surface area contributed by atoms with Crippen molar-refractivity contribution in [2.45, 2.75) is 19.3 Å². The van der Waals surface area contributed by atoms with Crippen LogP contribution in [0.4, 0.5) is 5.82 Å². The zero-order valence-corrected chi connectivity index (χ0v) is 14.7. The predicted molar refractivity (Wildman–Crippen MR) is 95.5 cm³/mol. The molecule has 3 heterocycles. The van der Waals surface area contributed by atoms with Gasteiger partial charge in [0, 0.05) is 29.2 Å². The first-order valence-corrected chi connectivity index (χ1v) is 8.30. The summed E-state index contributed by atoms with van der Waals surface area (Å²) in [5, 5.41) is 22.9. The third-order valence-electron chi connectivity index (χ3n) is 4.75. The monoisotopic (exact) mass is 367 g/mol. The number of carbonyl (C=O) groups excluding carboxylic acids is 1. The van der Waals surface area contributed by atoms with Crippen molar-refractivity contribution in [3.63, 3.8) is 0 Å². The number of hydrogen-bond donors (Lipinski definition) is 3. The molecule has 0 aliphatic carbocycles. The number of carboxylic acids is 1. The topological polar surface area (TPSA) is 122 Å². The van der Waals surface area contributed by atoms with Crippen LogP contribution in [0.25, 0.3) is 5.69 Å². The summed E-state index contributed by atoms with van der Waals surface area (Å²) in [5.74, 6) is -0.782. The first-order valence-electron chi connectivity index (χ1n) is 8.30. The summed E-state index contributed by atoms with van der Waals surface area (Å²) in [7, 11) is 1.60. The molecular weight excluding hydrogens is 350 g/mol. The highest BCUT2D eigenvalue weighted by atomic mass is 16.5. The molecule has 0 fully saturated rings. The van der Waals surface area contributed by atoms with Gasteiger partial charge >= 0.3 is 5.97 Å². The van der Waals surface area contributed by atoms with Gasteiger partial charge in [0.15, 0.2) is 5.82 Å². The number of aromatic nitrogens is 4. The molecule has 0 saturated heterocycles. The molecule has 138 valence electrons. The maximum atomic E-state index is 12.1. The van der Waals surface area contributed by atoms with Crippen LogP contribution in [0.1, 0.15) is 39.6 Å². The van der Waals surface area contributed by atoms with Crippen molar-refractivity contribution in [1.29, 1.82) is 0 Å². The van der Waals surface area contributed by atoms with Crippen molar-refractivity contribution in [3.05, 3.63) is 53.0 Å². The summed E-state index contributed by atoms with van der Waals surface area (Å²) >= 11 is 0. The van der Waals surface area contributed by atoms with Crippen molar-refractivity contribution >= 4 is 17.7 Å². The Morgan fingerprint density at radius 2 is 2.07 bits per heavy atom. The number of aromatic carboxylic acids is 1. The molecule has 2 aromatic heterocycles. The molecule has 1 aliphatic heterocycles. The van der Waals surface area contributed by atoms with Crippen LogP contribution < -0.4 is 10.1 Å². The standard InChI is InChI=1S/C18H17N5O4/c1-9-13(8-19-23(9)10-3-5-11(27-2)6-4-10)12-7-14(24)20-17-15(12)16(18(25)26)21-22-17/h3-6,8,12H,7H2,1-2H3,(H,25,26)(H2,20,21,22,24). The number of anilines is 1. The van der Waals surface area contributed by atoms with Gasteiger partial charge in [-0.25, -0.2) is 9.48 Å². The molecule has 0 spiro atoms. The lowest BCUT2D eigenvalue weighted by molar-refractivity contribution is -0.116. The van der Waals surface area contributed by atoms with E-state index in [1.54, 1.807) is 18.0 Å². The van der Waals surface area contributed by atoms with E-state index >= 15 is 0 Å². The SMILES string of the molecule is COc1ccc(-n2ncc(C3CC(=O)Nc4n[nH]c(C(=O)O)c43)c2C)cc1. The molecule has 1 aliphatic rings. The Labute approximate surface area is 154 Å². The van der Waals surface area contributed by atoms with Crippen molar-refractivity contribution in [1.82, 2.24) is 20.0 Å². The minimum atomic E-state index is -1.12. The summed E-state index contributed by atoms with van der Waals surface area (Å²) in [6.07, 6.45) is 1.80. The van der Waals surface area contributed by atoms with Crippen molar-refractivity contribution in [2.75, 3.05) is 12.4 Å². The smallest absolute Gasteiger partial charge is 0.354 e. The van der Waals surface area contributed by atoms with E-state index < -0.39 is 11.9 Å². The normalized spacial score (nSPS) is 15.9. The molecule has 0 radical (unpaired) electrons. The van der Waals surface area contributed by atoms with Crippen LogP contribution in [-0.2, 0) is 4.79 Å². The van der Waals surface area contributed by atoms with Crippen LogP contribution >= 0.6 is 0 Å². The minimum Gasteiger partial charge on any atom is -0.497 e. The molecule has 27 heavy (non-hydrogen) atoms. The summed E-state index contributed by atoms with van der Waals surface area (Å²) in [6, 6.07) is 7.42. The van der Waals surface area contributed by atoms with Gasteiger partial charge in [-0.15, -0.1) is 0 Å². The molecule has 0 bridgehead atoms. The Balaban J connectivity index is 1.79. The number of ether oxygens (including phenoxy) is 1. The number of fused-ring (bicyclic) bond motifs is 1. The fourth-order valence-electron chi connectivity index (χ4n) is 3.43.